The molecule has 1 aromatic heterocycles. The van der Waals surface area contributed by atoms with Gasteiger partial charge in [0, 0.05) is 30.0 Å². The third-order valence-corrected chi connectivity index (χ3v) is 5.06. The highest BCUT2D eigenvalue weighted by Gasteiger charge is 2.32. The van der Waals surface area contributed by atoms with Gasteiger partial charge < -0.3 is 15.7 Å². The lowest BCUT2D eigenvalue weighted by Gasteiger charge is -2.31. The van der Waals surface area contributed by atoms with Crippen molar-refractivity contribution in [3.63, 3.8) is 0 Å². The van der Waals surface area contributed by atoms with Crippen LogP contribution in [-0.4, -0.2) is 54.6 Å². The van der Waals surface area contributed by atoms with E-state index in [0.29, 0.717) is 4.47 Å². The Bertz CT molecular complexity index is 621. The van der Waals surface area contributed by atoms with Gasteiger partial charge in [0.1, 0.15) is 11.0 Å². The van der Waals surface area contributed by atoms with Crippen LogP contribution in [0, 0.1) is 0 Å². The highest BCUT2D eigenvalue weighted by atomic mass is 79.9. The number of hydrogen-bond acceptors (Lipinski definition) is 6. The second-order valence-corrected chi connectivity index (χ2v) is 6.94. The molecular formula is C10H13BrN4O4S. The largest absolute Gasteiger partial charge is 0.409 e. The normalized spacial score (nSPS) is 21.9. The minimum Gasteiger partial charge on any atom is -0.409 e. The lowest BCUT2D eigenvalue weighted by molar-refractivity contribution is 0.0355. The van der Waals surface area contributed by atoms with Crippen molar-refractivity contribution in [1.29, 1.82) is 0 Å². The van der Waals surface area contributed by atoms with Crippen molar-refractivity contribution < 1.29 is 18.4 Å². The Hall–Kier alpha value is -1.23. The molecule has 1 saturated heterocycles. The monoisotopic (exact) mass is 364 g/mol. The number of morpholine rings is 1. The number of halogens is 1. The van der Waals surface area contributed by atoms with Crippen LogP contribution in [0.2, 0.25) is 0 Å². The van der Waals surface area contributed by atoms with E-state index in [4.69, 9.17) is 15.7 Å². The van der Waals surface area contributed by atoms with Gasteiger partial charge in [0.25, 0.3) is 0 Å². The molecule has 0 amide bonds. The van der Waals surface area contributed by atoms with Gasteiger partial charge >= 0.3 is 0 Å². The lowest BCUT2D eigenvalue weighted by Crippen LogP contribution is -2.50. The van der Waals surface area contributed by atoms with Crippen LogP contribution in [0.3, 0.4) is 0 Å². The maximum absolute atomic E-state index is 12.5. The number of hydrogen-bond donors (Lipinski definition) is 2. The second-order valence-electron chi connectivity index (χ2n) is 4.09. The second kappa shape index (κ2) is 6.04. The van der Waals surface area contributed by atoms with Gasteiger partial charge in [-0.1, -0.05) is 5.16 Å². The Morgan fingerprint density at radius 3 is 3.00 bits per heavy atom. The number of nitrogens with two attached hydrogens (primary N) is 1. The quantitative estimate of drug-likeness (QED) is 0.336. The highest BCUT2D eigenvalue weighted by Crippen LogP contribution is 2.20. The van der Waals surface area contributed by atoms with E-state index in [1.165, 1.54) is 22.8 Å². The van der Waals surface area contributed by atoms with E-state index in [2.05, 4.69) is 26.1 Å². The zero-order valence-electron chi connectivity index (χ0n) is 10.3. The number of sulfonamides is 1. The van der Waals surface area contributed by atoms with E-state index in [9.17, 15) is 8.42 Å². The number of ether oxygens (including phenoxy) is 1. The van der Waals surface area contributed by atoms with Gasteiger partial charge in [-0.05, 0) is 22.0 Å². The van der Waals surface area contributed by atoms with Gasteiger partial charge in [0.15, 0.2) is 5.84 Å². The fourth-order valence-electron chi connectivity index (χ4n) is 1.77. The van der Waals surface area contributed by atoms with E-state index in [-0.39, 0.29) is 30.4 Å². The minimum atomic E-state index is -3.69. The summed E-state index contributed by atoms with van der Waals surface area (Å²) < 4.78 is 32.0. The fraction of sp³-hybridized carbons (Fsp3) is 0.400. The molecule has 0 saturated carbocycles. The third kappa shape index (κ3) is 3.08. The molecule has 1 aliphatic rings. The lowest BCUT2D eigenvalue weighted by atomic mass is 10.3. The van der Waals surface area contributed by atoms with Crippen molar-refractivity contribution in [1.82, 2.24) is 9.29 Å². The Morgan fingerprint density at radius 2 is 2.35 bits per heavy atom. The van der Waals surface area contributed by atoms with Crippen LogP contribution >= 0.6 is 15.9 Å². The van der Waals surface area contributed by atoms with Crippen LogP contribution in [0.15, 0.2) is 33.0 Å². The number of amidine groups is 1. The zero-order chi connectivity index (χ0) is 14.8. The van der Waals surface area contributed by atoms with Gasteiger partial charge in [0.2, 0.25) is 10.0 Å². The van der Waals surface area contributed by atoms with Crippen molar-refractivity contribution in [3.8, 4) is 0 Å². The number of pyridine rings is 1. The zero-order valence-corrected chi connectivity index (χ0v) is 12.7. The predicted octanol–water partition coefficient (Wildman–Crippen LogP) is -0.0200. The maximum atomic E-state index is 12.5. The number of rotatable bonds is 3. The molecule has 0 bridgehead atoms. The topological polar surface area (TPSA) is 118 Å². The van der Waals surface area contributed by atoms with E-state index in [0.717, 1.165) is 0 Å². The summed E-state index contributed by atoms with van der Waals surface area (Å²) in [7, 11) is -3.69. The first-order valence-corrected chi connectivity index (χ1v) is 7.88. The number of aromatic nitrogens is 1. The van der Waals surface area contributed by atoms with E-state index in [1.807, 2.05) is 0 Å². The van der Waals surface area contributed by atoms with Crippen LogP contribution in [0.1, 0.15) is 0 Å². The maximum Gasteiger partial charge on any atom is 0.244 e. The summed E-state index contributed by atoms with van der Waals surface area (Å²) in [5.74, 6) is -0.155. The molecule has 1 fully saturated rings. The summed E-state index contributed by atoms with van der Waals surface area (Å²) in [6, 6.07) is 1.47. The summed E-state index contributed by atoms with van der Waals surface area (Å²) in [5, 5.41) is 11.5. The van der Waals surface area contributed by atoms with Gasteiger partial charge in [0.05, 0.1) is 6.61 Å². The molecule has 3 N–H and O–H groups in total. The number of oxime groups is 1. The van der Waals surface area contributed by atoms with Crippen LogP contribution < -0.4 is 5.73 Å². The molecular weight excluding hydrogens is 352 g/mol. The predicted molar refractivity (Wildman–Crippen MR) is 73.8 cm³/mol. The molecule has 0 aliphatic carbocycles. The van der Waals surface area contributed by atoms with Crippen molar-refractivity contribution >= 4 is 31.8 Å². The average molecular weight is 365 g/mol. The van der Waals surface area contributed by atoms with Gasteiger partial charge in [-0.2, -0.15) is 4.31 Å². The number of nitrogens with zero attached hydrogens (tertiary/aromatic N) is 3. The van der Waals surface area contributed by atoms with Crippen molar-refractivity contribution in [2.75, 3.05) is 19.7 Å². The summed E-state index contributed by atoms with van der Waals surface area (Å²) >= 11 is 3.18. The molecule has 0 spiro atoms. The standard InChI is InChI=1S/C10H13BrN4O4S/c11-7-3-8(5-13-4-7)20(17,18)15-1-2-19-9(6-15)10(12)14-16/h3-5,9,16H,1-2,6H2,(H2,12,14). The summed E-state index contributed by atoms with van der Waals surface area (Å²) in [5.41, 5.74) is 5.45. The molecule has 8 nitrogen and oxygen atoms in total. The van der Waals surface area contributed by atoms with Crippen molar-refractivity contribution in [2.45, 2.75) is 11.0 Å². The molecule has 10 heteroatoms. The summed E-state index contributed by atoms with van der Waals surface area (Å²) in [6.45, 7) is 0.357. The van der Waals surface area contributed by atoms with Crippen LogP contribution in [-0.2, 0) is 14.8 Å². The van der Waals surface area contributed by atoms with E-state index < -0.39 is 16.1 Å². The highest BCUT2D eigenvalue weighted by molar-refractivity contribution is 9.10. The molecule has 1 unspecified atom stereocenters. The molecule has 2 rings (SSSR count). The minimum absolute atomic E-state index is 0.00919. The van der Waals surface area contributed by atoms with E-state index in [1.54, 1.807) is 0 Å². The Kier molecular flexibility index (Phi) is 4.58. The molecule has 0 radical (unpaired) electrons. The Labute approximate surface area is 124 Å². The Morgan fingerprint density at radius 1 is 1.60 bits per heavy atom. The molecule has 2 heterocycles. The summed E-state index contributed by atoms with van der Waals surface area (Å²) in [6.07, 6.45) is 2.01. The van der Waals surface area contributed by atoms with Gasteiger partial charge in [-0.25, -0.2) is 8.42 Å². The van der Waals surface area contributed by atoms with Crippen LogP contribution in [0.25, 0.3) is 0 Å². The molecule has 1 aromatic rings. The van der Waals surface area contributed by atoms with Crippen LogP contribution in [0.4, 0.5) is 0 Å². The van der Waals surface area contributed by atoms with Gasteiger partial charge in [-0.3, -0.25) is 4.98 Å². The van der Waals surface area contributed by atoms with Crippen molar-refractivity contribution in [2.24, 2.45) is 10.9 Å². The molecule has 1 atom stereocenters. The van der Waals surface area contributed by atoms with Gasteiger partial charge in [-0.15, -0.1) is 0 Å². The Balaban J connectivity index is 2.26. The van der Waals surface area contributed by atoms with Crippen LogP contribution in [0.5, 0.6) is 0 Å². The SMILES string of the molecule is NC(=NO)C1CN(S(=O)(=O)c2cncc(Br)c2)CCO1. The first-order valence-electron chi connectivity index (χ1n) is 5.65. The smallest absolute Gasteiger partial charge is 0.244 e. The van der Waals surface area contributed by atoms with Crippen molar-refractivity contribution in [3.05, 3.63) is 22.9 Å². The average Bonchev–Trinajstić information content (AvgIpc) is 2.46. The van der Waals surface area contributed by atoms with E-state index >= 15 is 0 Å². The molecule has 0 aromatic carbocycles. The molecule has 20 heavy (non-hydrogen) atoms. The fourth-order valence-corrected chi connectivity index (χ4v) is 3.70. The summed E-state index contributed by atoms with van der Waals surface area (Å²) in [4.78, 5) is 3.92. The molecule has 110 valence electrons. The first kappa shape index (κ1) is 15.2. The molecule has 1 aliphatic heterocycles. The first-order chi connectivity index (χ1) is 9.45. The third-order valence-electron chi connectivity index (χ3n) is 2.79.